The van der Waals surface area contributed by atoms with Crippen molar-refractivity contribution in [2.75, 3.05) is 6.26 Å². The Kier molecular flexibility index (Phi) is 6.57. The summed E-state index contributed by atoms with van der Waals surface area (Å²) in [5, 5.41) is 10.5. The third kappa shape index (κ3) is 5.68. The average molecular weight is 515 g/mol. The van der Waals surface area contributed by atoms with E-state index in [1.54, 1.807) is 42.8 Å². The molecule has 0 saturated carbocycles. The molecule has 36 heavy (non-hydrogen) atoms. The third-order valence-electron chi connectivity index (χ3n) is 5.76. The molecule has 1 aromatic heterocycles. The zero-order valence-corrected chi connectivity index (χ0v) is 20.7. The lowest BCUT2D eigenvalue weighted by Crippen LogP contribution is -2.16. The standard InChI is InChI=1S/C27H25F3N2O3S/c1-26(2,33)24-17-32(25(31-24)15-18-6-4-8-21(14-18)27(28,29)30)22-12-10-19(11-13-22)20-7-5-9-23(16-20)36(3,34)35/h4-14,16-17,33H,15H2,1-3H3. The second-order valence-electron chi connectivity index (χ2n) is 9.19. The van der Waals surface area contributed by atoms with Crippen LogP contribution in [0.5, 0.6) is 0 Å². The highest BCUT2D eigenvalue weighted by molar-refractivity contribution is 7.90. The summed E-state index contributed by atoms with van der Waals surface area (Å²) in [4.78, 5) is 4.75. The SMILES string of the molecule is CC(C)(O)c1cn(-c2ccc(-c3cccc(S(C)(=O)=O)c3)cc2)c(Cc2cccc(C(F)(F)F)c2)n1. The van der Waals surface area contributed by atoms with Gasteiger partial charge in [-0.1, -0.05) is 42.5 Å². The molecule has 0 unspecified atom stereocenters. The van der Waals surface area contributed by atoms with E-state index in [2.05, 4.69) is 4.98 Å². The maximum absolute atomic E-state index is 13.2. The van der Waals surface area contributed by atoms with E-state index in [0.717, 1.165) is 29.5 Å². The molecule has 188 valence electrons. The summed E-state index contributed by atoms with van der Waals surface area (Å²) in [6.07, 6.45) is -1.51. The van der Waals surface area contributed by atoms with Crippen LogP contribution < -0.4 is 0 Å². The number of imidazole rings is 1. The molecule has 0 bridgehead atoms. The van der Waals surface area contributed by atoms with Crippen molar-refractivity contribution in [2.45, 2.75) is 36.9 Å². The Bertz CT molecular complexity index is 1500. The first kappa shape index (κ1) is 25.7. The molecule has 0 spiro atoms. The van der Waals surface area contributed by atoms with Gasteiger partial charge in [-0.2, -0.15) is 13.2 Å². The van der Waals surface area contributed by atoms with Crippen LogP contribution in [0.3, 0.4) is 0 Å². The van der Waals surface area contributed by atoms with E-state index in [-0.39, 0.29) is 11.3 Å². The zero-order chi connectivity index (χ0) is 26.3. The molecule has 9 heteroatoms. The Morgan fingerprint density at radius 3 is 2.19 bits per heavy atom. The van der Waals surface area contributed by atoms with Gasteiger partial charge in [-0.3, -0.25) is 0 Å². The van der Waals surface area contributed by atoms with Crippen molar-refractivity contribution in [3.05, 3.63) is 102 Å². The summed E-state index contributed by atoms with van der Waals surface area (Å²) in [5.41, 5.74) is 1.06. The van der Waals surface area contributed by atoms with Gasteiger partial charge in [-0.15, -0.1) is 0 Å². The normalized spacial score (nSPS) is 12.6. The monoisotopic (exact) mass is 514 g/mol. The van der Waals surface area contributed by atoms with Crippen LogP contribution in [0.2, 0.25) is 0 Å². The fraction of sp³-hybridized carbons (Fsp3) is 0.222. The van der Waals surface area contributed by atoms with Gasteiger partial charge in [0.05, 0.1) is 16.2 Å². The van der Waals surface area contributed by atoms with Gasteiger partial charge in [0.15, 0.2) is 9.84 Å². The Morgan fingerprint density at radius 2 is 1.58 bits per heavy atom. The van der Waals surface area contributed by atoms with Crippen molar-refractivity contribution in [1.82, 2.24) is 9.55 Å². The number of halogens is 3. The summed E-state index contributed by atoms with van der Waals surface area (Å²) in [6, 6.07) is 19.0. The molecule has 5 nitrogen and oxygen atoms in total. The first-order valence-corrected chi connectivity index (χ1v) is 13.0. The van der Waals surface area contributed by atoms with Crippen molar-refractivity contribution in [2.24, 2.45) is 0 Å². The summed E-state index contributed by atoms with van der Waals surface area (Å²) in [6.45, 7) is 3.18. The maximum Gasteiger partial charge on any atom is 0.416 e. The number of aromatic nitrogens is 2. The Balaban J connectivity index is 1.72. The summed E-state index contributed by atoms with van der Waals surface area (Å²) in [7, 11) is -3.35. The summed E-state index contributed by atoms with van der Waals surface area (Å²) in [5.74, 6) is 0.471. The average Bonchev–Trinajstić information content (AvgIpc) is 3.23. The van der Waals surface area contributed by atoms with Crippen molar-refractivity contribution < 1.29 is 26.7 Å². The molecule has 0 fully saturated rings. The molecule has 0 aliphatic rings. The maximum atomic E-state index is 13.2. The van der Waals surface area contributed by atoms with Crippen LogP contribution in [0.4, 0.5) is 13.2 Å². The highest BCUT2D eigenvalue weighted by Gasteiger charge is 2.30. The highest BCUT2D eigenvalue weighted by Crippen LogP contribution is 2.31. The van der Waals surface area contributed by atoms with E-state index >= 15 is 0 Å². The van der Waals surface area contributed by atoms with Crippen LogP contribution in [0.15, 0.2) is 83.9 Å². The first-order valence-electron chi connectivity index (χ1n) is 11.1. The molecule has 0 aliphatic carbocycles. The summed E-state index contributed by atoms with van der Waals surface area (Å²) < 4.78 is 65.1. The van der Waals surface area contributed by atoms with Crippen molar-refractivity contribution in [3.8, 4) is 16.8 Å². The molecule has 0 radical (unpaired) electrons. The minimum absolute atomic E-state index is 0.123. The van der Waals surface area contributed by atoms with Gasteiger partial charge in [-0.05, 0) is 60.9 Å². The number of hydrogen-bond donors (Lipinski definition) is 1. The number of aliphatic hydroxyl groups is 1. The van der Waals surface area contributed by atoms with Gasteiger partial charge in [0.1, 0.15) is 11.4 Å². The third-order valence-corrected chi connectivity index (χ3v) is 6.87. The molecule has 0 saturated heterocycles. The number of nitrogens with zero attached hydrogens (tertiary/aromatic N) is 2. The largest absolute Gasteiger partial charge is 0.416 e. The number of alkyl halides is 3. The minimum Gasteiger partial charge on any atom is -0.384 e. The number of rotatable bonds is 6. The second kappa shape index (κ2) is 9.22. The van der Waals surface area contributed by atoms with Crippen molar-refractivity contribution >= 4 is 9.84 Å². The van der Waals surface area contributed by atoms with Gasteiger partial charge >= 0.3 is 6.18 Å². The number of benzene rings is 3. The van der Waals surface area contributed by atoms with Crippen molar-refractivity contribution in [1.29, 1.82) is 0 Å². The Morgan fingerprint density at radius 1 is 0.917 bits per heavy atom. The molecule has 4 rings (SSSR count). The van der Waals surface area contributed by atoms with Gasteiger partial charge in [-0.25, -0.2) is 13.4 Å². The molecule has 0 amide bonds. The fourth-order valence-electron chi connectivity index (χ4n) is 3.82. The first-order chi connectivity index (χ1) is 16.7. The quantitative estimate of drug-likeness (QED) is 0.354. The van der Waals surface area contributed by atoms with Crippen molar-refractivity contribution in [3.63, 3.8) is 0 Å². The van der Waals surface area contributed by atoms with Gasteiger partial charge < -0.3 is 9.67 Å². The van der Waals surface area contributed by atoms with Gasteiger partial charge in [0.2, 0.25) is 0 Å². The summed E-state index contributed by atoms with van der Waals surface area (Å²) >= 11 is 0. The van der Waals surface area contributed by atoms with Crippen LogP contribution >= 0.6 is 0 Å². The van der Waals surface area contributed by atoms with Crippen LogP contribution in [0, 0.1) is 0 Å². The van der Waals surface area contributed by atoms with Gasteiger partial charge in [0.25, 0.3) is 0 Å². The van der Waals surface area contributed by atoms with Crippen LogP contribution in [-0.2, 0) is 28.0 Å². The van der Waals surface area contributed by atoms with Crippen LogP contribution in [-0.4, -0.2) is 29.3 Å². The smallest absolute Gasteiger partial charge is 0.384 e. The van der Waals surface area contributed by atoms with E-state index in [1.165, 1.54) is 12.1 Å². The van der Waals surface area contributed by atoms with E-state index in [1.807, 2.05) is 30.3 Å². The molecule has 0 aliphatic heterocycles. The Labute approximate surface area is 207 Å². The zero-order valence-electron chi connectivity index (χ0n) is 19.9. The highest BCUT2D eigenvalue weighted by atomic mass is 32.2. The predicted octanol–water partition coefficient (Wildman–Crippen LogP) is 5.78. The van der Waals surface area contributed by atoms with Gasteiger partial charge in [0, 0.05) is 24.6 Å². The molecule has 3 aromatic carbocycles. The minimum atomic E-state index is -4.45. The predicted molar refractivity (Wildman–Crippen MR) is 132 cm³/mol. The Hall–Kier alpha value is -3.43. The van der Waals surface area contributed by atoms with Crippen LogP contribution in [0.1, 0.15) is 36.5 Å². The topological polar surface area (TPSA) is 72.2 Å². The van der Waals surface area contributed by atoms with E-state index in [0.29, 0.717) is 22.8 Å². The molecular formula is C27H25F3N2O3S. The second-order valence-corrected chi connectivity index (χ2v) is 11.2. The van der Waals surface area contributed by atoms with Crippen LogP contribution in [0.25, 0.3) is 16.8 Å². The number of sulfone groups is 1. The molecule has 4 aromatic rings. The molecule has 1 N–H and O–H groups in total. The van der Waals surface area contributed by atoms with E-state index in [9.17, 15) is 26.7 Å². The fourth-order valence-corrected chi connectivity index (χ4v) is 4.49. The van der Waals surface area contributed by atoms with E-state index < -0.39 is 27.2 Å². The van der Waals surface area contributed by atoms with E-state index in [4.69, 9.17) is 0 Å². The molecule has 0 atom stereocenters. The molecule has 1 heterocycles. The lowest BCUT2D eigenvalue weighted by atomic mass is 10.1. The lowest BCUT2D eigenvalue weighted by molar-refractivity contribution is -0.137. The lowest BCUT2D eigenvalue weighted by Gasteiger charge is -2.13. The molecular weight excluding hydrogens is 489 g/mol. The number of hydrogen-bond acceptors (Lipinski definition) is 4.